The van der Waals surface area contributed by atoms with Gasteiger partial charge in [0.05, 0.1) is 15.1 Å². The molecular formula is C22H26ClN3O3S2. The van der Waals surface area contributed by atoms with Crippen LogP contribution in [0.2, 0.25) is 5.02 Å². The van der Waals surface area contributed by atoms with E-state index in [4.69, 9.17) is 11.6 Å². The predicted octanol–water partition coefficient (Wildman–Crippen LogP) is 4.33. The summed E-state index contributed by atoms with van der Waals surface area (Å²) < 4.78 is 26.6. The highest BCUT2D eigenvalue weighted by Gasteiger charge is 2.26. The summed E-state index contributed by atoms with van der Waals surface area (Å²) in [4.78, 5) is 21.5. The molecule has 0 unspecified atom stereocenters. The molecule has 1 heterocycles. The molecule has 6 nitrogen and oxygen atoms in total. The Morgan fingerprint density at radius 2 is 1.74 bits per heavy atom. The molecule has 3 rings (SSSR count). The molecule has 0 atom stereocenters. The van der Waals surface area contributed by atoms with Gasteiger partial charge >= 0.3 is 0 Å². The summed E-state index contributed by atoms with van der Waals surface area (Å²) in [5, 5.41) is 1.10. The van der Waals surface area contributed by atoms with Crippen LogP contribution in [0.25, 0.3) is 10.2 Å². The van der Waals surface area contributed by atoms with Crippen LogP contribution in [-0.2, 0) is 14.6 Å². The average Bonchev–Trinajstić information content (AvgIpc) is 3.12. The first-order valence-electron chi connectivity index (χ1n) is 9.88. The summed E-state index contributed by atoms with van der Waals surface area (Å²) in [5.41, 5.74) is 2.54. The van der Waals surface area contributed by atoms with E-state index in [2.05, 4.69) is 4.98 Å². The third kappa shape index (κ3) is 5.63. The van der Waals surface area contributed by atoms with Gasteiger partial charge in [-0.05, 0) is 70.7 Å². The van der Waals surface area contributed by atoms with Crippen molar-refractivity contribution >= 4 is 54.0 Å². The molecule has 0 fully saturated rings. The molecule has 0 aliphatic rings. The van der Waals surface area contributed by atoms with E-state index in [1.807, 2.05) is 38.9 Å². The lowest BCUT2D eigenvalue weighted by atomic mass is 10.2. The molecule has 2 aromatic carbocycles. The number of amides is 1. The van der Waals surface area contributed by atoms with Crippen LogP contribution in [-0.4, -0.2) is 57.1 Å². The zero-order chi connectivity index (χ0) is 22.8. The van der Waals surface area contributed by atoms with Gasteiger partial charge in [0.15, 0.2) is 15.0 Å². The summed E-state index contributed by atoms with van der Waals surface area (Å²) in [6.07, 6.45) is 0.693. The number of carbonyl (C=O) groups excluding carboxylic acids is 1. The van der Waals surface area contributed by atoms with Crippen molar-refractivity contribution in [2.24, 2.45) is 0 Å². The number of benzene rings is 2. The first kappa shape index (κ1) is 23.7. The van der Waals surface area contributed by atoms with Crippen molar-refractivity contribution in [1.29, 1.82) is 0 Å². The summed E-state index contributed by atoms with van der Waals surface area (Å²) in [5.74, 6) is -1.09. The first-order chi connectivity index (χ1) is 14.6. The standard InChI is InChI=1S/C22H26ClN3O3S2/c1-15-6-8-17(9-7-15)31(28,29)14-20(27)26(13-5-12-25(3)4)22-24-21-16(2)18(23)10-11-19(21)30-22/h6-11H,5,12-14H2,1-4H3. The number of anilines is 1. The molecule has 0 N–H and O–H groups in total. The van der Waals surface area contributed by atoms with Gasteiger partial charge in [-0.3, -0.25) is 9.69 Å². The number of aromatic nitrogens is 1. The van der Waals surface area contributed by atoms with E-state index in [0.717, 1.165) is 27.9 Å². The van der Waals surface area contributed by atoms with E-state index in [9.17, 15) is 13.2 Å². The Bertz CT molecular complexity index is 1190. The van der Waals surface area contributed by atoms with Crippen LogP contribution in [0.1, 0.15) is 17.5 Å². The van der Waals surface area contributed by atoms with Crippen molar-refractivity contribution in [3.8, 4) is 0 Å². The molecule has 0 aliphatic heterocycles. The maximum atomic E-state index is 13.2. The highest BCUT2D eigenvalue weighted by atomic mass is 35.5. The number of sulfone groups is 1. The average molecular weight is 480 g/mol. The van der Waals surface area contributed by atoms with Gasteiger partial charge in [-0.2, -0.15) is 0 Å². The van der Waals surface area contributed by atoms with Gasteiger partial charge < -0.3 is 4.90 Å². The van der Waals surface area contributed by atoms with Crippen molar-refractivity contribution in [2.75, 3.05) is 37.8 Å². The number of aryl methyl sites for hydroxylation is 2. The Balaban J connectivity index is 1.92. The maximum Gasteiger partial charge on any atom is 0.244 e. The monoisotopic (exact) mass is 479 g/mol. The lowest BCUT2D eigenvalue weighted by molar-refractivity contribution is -0.116. The van der Waals surface area contributed by atoms with Gasteiger partial charge in [-0.15, -0.1) is 0 Å². The van der Waals surface area contributed by atoms with Gasteiger partial charge in [-0.1, -0.05) is 40.6 Å². The van der Waals surface area contributed by atoms with E-state index >= 15 is 0 Å². The number of fused-ring (bicyclic) bond motifs is 1. The van der Waals surface area contributed by atoms with E-state index in [-0.39, 0.29) is 4.90 Å². The minimum Gasteiger partial charge on any atom is -0.309 e. The minimum atomic E-state index is -3.76. The number of hydrogen-bond acceptors (Lipinski definition) is 6. The fraction of sp³-hybridized carbons (Fsp3) is 0.364. The largest absolute Gasteiger partial charge is 0.309 e. The van der Waals surface area contributed by atoms with Crippen LogP contribution >= 0.6 is 22.9 Å². The van der Waals surface area contributed by atoms with Crippen LogP contribution < -0.4 is 4.90 Å². The van der Waals surface area contributed by atoms with Crippen LogP contribution in [0.3, 0.4) is 0 Å². The second-order valence-electron chi connectivity index (χ2n) is 7.79. The smallest absolute Gasteiger partial charge is 0.244 e. The Labute approximate surface area is 192 Å². The van der Waals surface area contributed by atoms with Crippen LogP contribution in [0.4, 0.5) is 5.13 Å². The molecule has 0 bridgehead atoms. The molecule has 0 saturated heterocycles. The highest BCUT2D eigenvalue weighted by molar-refractivity contribution is 7.92. The molecule has 0 aliphatic carbocycles. The van der Waals surface area contributed by atoms with E-state index < -0.39 is 21.5 Å². The summed E-state index contributed by atoms with van der Waals surface area (Å²) >= 11 is 7.59. The third-order valence-corrected chi connectivity index (χ3v) is 8.02. The predicted molar refractivity (Wildman–Crippen MR) is 128 cm³/mol. The van der Waals surface area contributed by atoms with Gasteiger partial charge in [0.2, 0.25) is 5.91 Å². The number of hydrogen-bond donors (Lipinski definition) is 0. The zero-order valence-corrected chi connectivity index (χ0v) is 20.4. The Morgan fingerprint density at radius 3 is 2.39 bits per heavy atom. The maximum absolute atomic E-state index is 13.2. The van der Waals surface area contributed by atoms with Crippen molar-refractivity contribution in [1.82, 2.24) is 9.88 Å². The number of nitrogens with zero attached hydrogens (tertiary/aromatic N) is 3. The molecule has 0 radical (unpaired) electrons. The molecule has 0 saturated carbocycles. The van der Waals surface area contributed by atoms with Crippen LogP contribution in [0.15, 0.2) is 41.3 Å². The SMILES string of the molecule is Cc1ccc(S(=O)(=O)CC(=O)N(CCCN(C)C)c2nc3c(C)c(Cl)ccc3s2)cc1. The van der Waals surface area contributed by atoms with Crippen molar-refractivity contribution in [2.45, 2.75) is 25.2 Å². The number of rotatable bonds is 8. The normalized spacial score (nSPS) is 11.9. The molecule has 3 aromatic rings. The molecule has 9 heteroatoms. The van der Waals surface area contributed by atoms with E-state index in [0.29, 0.717) is 23.1 Å². The molecule has 0 spiro atoms. The van der Waals surface area contributed by atoms with Crippen LogP contribution in [0, 0.1) is 13.8 Å². The first-order valence-corrected chi connectivity index (χ1v) is 12.7. The molecule has 31 heavy (non-hydrogen) atoms. The molecule has 1 aromatic heterocycles. The fourth-order valence-electron chi connectivity index (χ4n) is 3.15. The number of thiazole rings is 1. The number of halogens is 1. The van der Waals surface area contributed by atoms with Crippen molar-refractivity contribution in [3.63, 3.8) is 0 Å². The van der Waals surface area contributed by atoms with Crippen LogP contribution in [0.5, 0.6) is 0 Å². The topological polar surface area (TPSA) is 70.6 Å². The van der Waals surface area contributed by atoms with Gasteiger partial charge in [0, 0.05) is 11.6 Å². The second kappa shape index (κ2) is 9.65. The molecular weight excluding hydrogens is 454 g/mol. The summed E-state index contributed by atoms with van der Waals surface area (Å²) in [6, 6.07) is 10.2. The fourth-order valence-corrected chi connectivity index (χ4v) is 5.57. The van der Waals surface area contributed by atoms with E-state index in [1.54, 1.807) is 18.2 Å². The third-order valence-electron chi connectivity index (χ3n) is 4.95. The van der Waals surface area contributed by atoms with E-state index in [1.165, 1.54) is 28.4 Å². The summed E-state index contributed by atoms with van der Waals surface area (Å²) in [7, 11) is 0.149. The minimum absolute atomic E-state index is 0.145. The Kier molecular flexibility index (Phi) is 7.36. The molecule has 1 amide bonds. The quantitative estimate of drug-likeness (QED) is 0.481. The molecule has 166 valence electrons. The van der Waals surface area contributed by atoms with Crippen molar-refractivity contribution in [3.05, 3.63) is 52.5 Å². The Hall–Kier alpha value is -2.00. The van der Waals surface area contributed by atoms with Crippen molar-refractivity contribution < 1.29 is 13.2 Å². The van der Waals surface area contributed by atoms with Gasteiger partial charge in [0.25, 0.3) is 0 Å². The Morgan fingerprint density at radius 1 is 1.06 bits per heavy atom. The van der Waals surface area contributed by atoms with Gasteiger partial charge in [-0.25, -0.2) is 13.4 Å². The second-order valence-corrected chi connectivity index (χ2v) is 11.2. The van der Waals surface area contributed by atoms with Gasteiger partial charge in [0.1, 0.15) is 5.75 Å². The highest BCUT2D eigenvalue weighted by Crippen LogP contribution is 2.34. The summed E-state index contributed by atoms with van der Waals surface area (Å²) in [6.45, 7) is 4.92. The zero-order valence-electron chi connectivity index (χ0n) is 18.1. The lowest BCUT2D eigenvalue weighted by Gasteiger charge is -2.21. The number of carbonyl (C=O) groups is 1. The lowest BCUT2D eigenvalue weighted by Crippen LogP contribution is -2.37.